The Hall–Kier alpha value is 0.110. The molecule has 0 bridgehead atoms. The molecule has 5 heteroatoms. The monoisotopic (exact) mass is 490 g/mol. The van der Waals surface area contributed by atoms with E-state index in [1.807, 2.05) is 0 Å². The lowest BCUT2D eigenvalue weighted by Gasteiger charge is -2.20. The third-order valence-electron chi connectivity index (χ3n) is 7.03. The van der Waals surface area contributed by atoms with Crippen LogP contribution >= 0.6 is 7.82 Å². The van der Waals surface area contributed by atoms with Gasteiger partial charge in [0.25, 0.3) is 0 Å². The molecular weight excluding hydrogens is 431 g/mol. The van der Waals surface area contributed by atoms with E-state index in [9.17, 15) is 9.46 Å². The van der Waals surface area contributed by atoms with Crippen LogP contribution in [0.25, 0.3) is 0 Å². The highest BCUT2D eigenvalue weighted by Crippen LogP contribution is 2.44. The third-order valence-corrected chi connectivity index (χ3v) is 7.98. The summed E-state index contributed by atoms with van der Waals surface area (Å²) in [6.45, 7) is 9.44. The topological polar surface area (TPSA) is 55.8 Å². The Morgan fingerprint density at radius 3 is 1.15 bits per heavy atom. The van der Waals surface area contributed by atoms with Crippen LogP contribution < -0.4 is 0 Å². The van der Waals surface area contributed by atoms with Crippen molar-refractivity contribution >= 4 is 7.82 Å². The van der Waals surface area contributed by atoms with Gasteiger partial charge in [-0.2, -0.15) is 0 Å². The van der Waals surface area contributed by atoms with Gasteiger partial charge in [0.05, 0.1) is 13.2 Å². The lowest BCUT2D eigenvalue weighted by molar-refractivity contribution is 0.110. The summed E-state index contributed by atoms with van der Waals surface area (Å²) >= 11 is 0. The second kappa shape index (κ2) is 23.8. The predicted molar refractivity (Wildman–Crippen MR) is 144 cm³/mol. The van der Waals surface area contributed by atoms with Gasteiger partial charge in [-0.25, -0.2) is 4.57 Å². The van der Waals surface area contributed by atoms with Gasteiger partial charge >= 0.3 is 7.82 Å². The zero-order chi connectivity index (χ0) is 24.6. The number of rotatable bonds is 26. The van der Waals surface area contributed by atoms with Crippen molar-refractivity contribution in [3.63, 3.8) is 0 Å². The quantitative estimate of drug-likeness (QED) is 0.0967. The number of hydrogen-bond donors (Lipinski definition) is 1. The molecule has 0 aliphatic rings. The summed E-state index contributed by atoms with van der Waals surface area (Å²) in [5, 5.41) is 0. The zero-order valence-electron chi connectivity index (χ0n) is 22.8. The Balaban J connectivity index is 3.90. The number of hydrogen-bond acceptors (Lipinski definition) is 3. The summed E-state index contributed by atoms with van der Waals surface area (Å²) in [6.07, 6.45) is 25.0. The summed E-state index contributed by atoms with van der Waals surface area (Å²) < 4.78 is 23.1. The van der Waals surface area contributed by atoms with E-state index in [-0.39, 0.29) is 0 Å². The van der Waals surface area contributed by atoms with Crippen molar-refractivity contribution in [2.75, 3.05) is 13.2 Å². The first kappa shape index (κ1) is 33.1. The molecule has 4 nitrogen and oxygen atoms in total. The maximum atomic E-state index is 12.4. The minimum absolute atomic E-state index is 0.329. The van der Waals surface area contributed by atoms with E-state index in [4.69, 9.17) is 9.05 Å². The molecule has 0 radical (unpaired) electrons. The van der Waals surface area contributed by atoms with Crippen molar-refractivity contribution in [2.24, 2.45) is 11.8 Å². The second-order valence-corrected chi connectivity index (χ2v) is 11.6. The molecule has 0 spiro atoms. The molecule has 0 rings (SSSR count). The van der Waals surface area contributed by atoms with E-state index in [1.54, 1.807) is 0 Å². The van der Waals surface area contributed by atoms with Crippen LogP contribution in [0.15, 0.2) is 0 Å². The molecule has 1 N–H and O–H groups in total. The normalized spacial score (nSPS) is 15.4. The highest BCUT2D eigenvalue weighted by molar-refractivity contribution is 7.47. The molecule has 0 fully saturated rings. The van der Waals surface area contributed by atoms with Gasteiger partial charge in [-0.05, 0) is 24.7 Å². The van der Waals surface area contributed by atoms with Crippen molar-refractivity contribution in [3.05, 3.63) is 0 Å². The lowest BCUT2D eigenvalue weighted by atomic mass is 9.98. The molecule has 200 valence electrons. The van der Waals surface area contributed by atoms with Crippen LogP contribution in [0.5, 0.6) is 0 Å². The van der Waals surface area contributed by atoms with Gasteiger partial charge in [0.15, 0.2) is 0 Å². The van der Waals surface area contributed by atoms with Crippen LogP contribution in [0.2, 0.25) is 0 Å². The Morgan fingerprint density at radius 1 is 0.545 bits per heavy atom. The van der Waals surface area contributed by atoms with E-state index >= 15 is 0 Å². The van der Waals surface area contributed by atoms with Crippen LogP contribution in [0.3, 0.4) is 0 Å². The summed E-state index contributed by atoms with van der Waals surface area (Å²) in [5.74, 6) is 0.682. The minimum atomic E-state index is -3.95. The molecular formula is C28H59O4P. The Morgan fingerprint density at radius 2 is 0.848 bits per heavy atom. The first-order valence-corrected chi connectivity index (χ1v) is 16.1. The lowest BCUT2D eigenvalue weighted by Crippen LogP contribution is -2.12. The average Bonchev–Trinajstić information content (AvgIpc) is 2.81. The van der Waals surface area contributed by atoms with Crippen LogP contribution in [0.4, 0.5) is 0 Å². The molecule has 2 atom stereocenters. The number of unbranched alkanes of at least 4 members (excludes halogenated alkanes) is 14. The molecule has 0 saturated carbocycles. The van der Waals surface area contributed by atoms with Crippen molar-refractivity contribution in [2.45, 2.75) is 156 Å². The van der Waals surface area contributed by atoms with Crippen molar-refractivity contribution in [1.29, 1.82) is 0 Å². The smallest absolute Gasteiger partial charge is 0.302 e. The summed E-state index contributed by atoms with van der Waals surface area (Å²) in [6, 6.07) is 0. The molecule has 2 unspecified atom stereocenters. The van der Waals surface area contributed by atoms with Gasteiger partial charge < -0.3 is 4.89 Å². The maximum absolute atomic E-state index is 12.4. The molecule has 0 aromatic rings. The molecule has 0 aromatic carbocycles. The molecule has 0 aliphatic carbocycles. The van der Waals surface area contributed by atoms with Gasteiger partial charge in [-0.3, -0.25) is 9.05 Å². The molecule has 0 aromatic heterocycles. The third kappa shape index (κ3) is 22.3. The largest absolute Gasteiger partial charge is 0.472 e. The first-order chi connectivity index (χ1) is 16.0. The van der Waals surface area contributed by atoms with Crippen LogP contribution in [-0.4, -0.2) is 18.1 Å². The van der Waals surface area contributed by atoms with E-state index in [2.05, 4.69) is 27.7 Å². The van der Waals surface area contributed by atoms with Gasteiger partial charge in [-0.15, -0.1) is 0 Å². The van der Waals surface area contributed by atoms with E-state index in [0.717, 1.165) is 25.7 Å². The van der Waals surface area contributed by atoms with E-state index in [1.165, 1.54) is 103 Å². The van der Waals surface area contributed by atoms with Gasteiger partial charge in [0.2, 0.25) is 0 Å². The molecule has 0 amide bonds. The average molecular weight is 491 g/mol. The van der Waals surface area contributed by atoms with Gasteiger partial charge in [0, 0.05) is 0 Å². The van der Waals surface area contributed by atoms with Crippen LogP contribution in [-0.2, 0) is 13.6 Å². The summed E-state index contributed by atoms with van der Waals surface area (Å²) in [7, 11) is -3.95. The molecule has 0 saturated heterocycles. The highest BCUT2D eigenvalue weighted by atomic mass is 31.2. The number of phosphoric acid groups is 1. The summed E-state index contributed by atoms with van der Waals surface area (Å²) in [4.78, 5) is 10.1. The SMILES string of the molecule is CCCCCCCCCCC(CC)COP(=O)(O)OCC(CC)CCCCCCCCCC. The van der Waals surface area contributed by atoms with Gasteiger partial charge in [0.1, 0.15) is 0 Å². The molecule has 33 heavy (non-hydrogen) atoms. The van der Waals surface area contributed by atoms with Crippen molar-refractivity contribution in [1.82, 2.24) is 0 Å². The van der Waals surface area contributed by atoms with E-state index < -0.39 is 7.82 Å². The Labute approximate surface area is 207 Å². The second-order valence-electron chi connectivity index (χ2n) is 10.1. The zero-order valence-corrected chi connectivity index (χ0v) is 23.7. The van der Waals surface area contributed by atoms with Crippen LogP contribution in [0.1, 0.15) is 156 Å². The van der Waals surface area contributed by atoms with Crippen molar-refractivity contribution in [3.8, 4) is 0 Å². The van der Waals surface area contributed by atoms with Crippen molar-refractivity contribution < 1.29 is 18.5 Å². The standard InChI is InChI=1S/C28H59O4P/c1-5-9-11-13-15-17-19-21-23-27(7-3)25-31-33(29,30)32-26-28(8-4)24-22-20-18-16-14-12-10-6-2/h27-28H,5-26H2,1-4H3,(H,29,30). The number of phosphoric ester groups is 1. The summed E-state index contributed by atoms with van der Waals surface area (Å²) in [5.41, 5.74) is 0. The predicted octanol–water partition coefficient (Wildman–Crippen LogP) is 10.2. The Bertz CT molecular complexity index is 408. The first-order valence-electron chi connectivity index (χ1n) is 14.6. The van der Waals surface area contributed by atoms with Crippen LogP contribution in [0, 0.1) is 11.8 Å². The highest BCUT2D eigenvalue weighted by Gasteiger charge is 2.24. The Kier molecular flexibility index (Phi) is 23.9. The molecule has 0 aliphatic heterocycles. The minimum Gasteiger partial charge on any atom is -0.302 e. The fraction of sp³-hybridized carbons (Fsp3) is 1.00. The fourth-order valence-electron chi connectivity index (χ4n) is 4.38. The maximum Gasteiger partial charge on any atom is 0.472 e. The fourth-order valence-corrected chi connectivity index (χ4v) is 5.25. The van der Waals surface area contributed by atoms with E-state index in [0.29, 0.717) is 25.0 Å². The van der Waals surface area contributed by atoms with Gasteiger partial charge in [-0.1, -0.05) is 143 Å². The molecule has 0 heterocycles.